The van der Waals surface area contributed by atoms with Gasteiger partial charge >= 0.3 is 0 Å². The summed E-state index contributed by atoms with van der Waals surface area (Å²) >= 11 is 1.40. The quantitative estimate of drug-likeness (QED) is 0.818. The molecule has 1 aliphatic heterocycles. The van der Waals surface area contributed by atoms with E-state index in [0.717, 1.165) is 35.3 Å². The number of aryl methyl sites for hydroxylation is 2. The second kappa shape index (κ2) is 7.80. The number of nitrogens with zero attached hydrogens (tertiary/aromatic N) is 2. The van der Waals surface area contributed by atoms with Crippen LogP contribution in [0.3, 0.4) is 0 Å². The number of thioether (sulfide) groups is 1. The number of para-hydroxylation sites is 1. The van der Waals surface area contributed by atoms with Gasteiger partial charge in [-0.1, -0.05) is 42.1 Å². The van der Waals surface area contributed by atoms with Crippen LogP contribution >= 0.6 is 11.8 Å². The lowest BCUT2D eigenvalue weighted by Gasteiger charge is -2.15. The Morgan fingerprint density at radius 2 is 1.93 bits per heavy atom. The van der Waals surface area contributed by atoms with Crippen LogP contribution < -0.4 is 5.32 Å². The molecule has 2 amide bonds. The summed E-state index contributed by atoms with van der Waals surface area (Å²) in [7, 11) is 0. The number of amides is 2. The number of hydrogen-bond donors (Lipinski definition) is 1. The highest BCUT2D eigenvalue weighted by molar-refractivity contribution is 8.15. The van der Waals surface area contributed by atoms with E-state index in [-0.39, 0.29) is 24.3 Å². The lowest BCUT2D eigenvalue weighted by atomic mass is 10.1. The maximum atomic E-state index is 12.9. The summed E-state index contributed by atoms with van der Waals surface area (Å²) in [5, 5.41) is 3.25. The van der Waals surface area contributed by atoms with Crippen LogP contribution in [0.4, 0.5) is 11.4 Å². The summed E-state index contributed by atoms with van der Waals surface area (Å²) in [6.45, 7) is 3.95. The van der Waals surface area contributed by atoms with Crippen molar-refractivity contribution < 1.29 is 9.59 Å². The van der Waals surface area contributed by atoms with Gasteiger partial charge in [0.2, 0.25) is 11.8 Å². The Morgan fingerprint density at radius 1 is 1.18 bits per heavy atom. The molecule has 6 heteroatoms. The summed E-state index contributed by atoms with van der Waals surface area (Å²) in [6, 6.07) is 15.8. The van der Waals surface area contributed by atoms with Gasteiger partial charge in [-0.25, -0.2) is 4.99 Å². The number of benzene rings is 2. The molecule has 0 bridgehead atoms. The SMILES string of the molecule is Cc1ccc(C)c(NC(=O)C[C@@H]2SC(=Nc3ccccc3)N(C3CC3)C2=O)c1. The number of carbonyl (C=O) groups is 2. The van der Waals surface area contributed by atoms with E-state index in [2.05, 4.69) is 10.3 Å². The molecule has 4 rings (SSSR count). The van der Waals surface area contributed by atoms with Crippen LogP contribution in [0.5, 0.6) is 0 Å². The normalized spacial score (nSPS) is 20.6. The number of rotatable bonds is 5. The van der Waals surface area contributed by atoms with E-state index in [0.29, 0.717) is 5.17 Å². The fraction of sp³-hybridized carbons (Fsp3) is 0.318. The first-order valence-electron chi connectivity index (χ1n) is 9.52. The molecule has 2 aliphatic rings. The maximum absolute atomic E-state index is 12.9. The number of aliphatic imine (C=N–C) groups is 1. The first-order chi connectivity index (χ1) is 13.5. The topological polar surface area (TPSA) is 61.8 Å². The Kier molecular flexibility index (Phi) is 5.22. The third-order valence-corrected chi connectivity index (χ3v) is 6.05. The Balaban J connectivity index is 1.49. The van der Waals surface area contributed by atoms with Gasteiger partial charge in [-0.15, -0.1) is 0 Å². The first kappa shape index (κ1) is 18.7. The van der Waals surface area contributed by atoms with Crippen LogP contribution in [0.2, 0.25) is 0 Å². The van der Waals surface area contributed by atoms with Crippen LogP contribution in [0, 0.1) is 13.8 Å². The zero-order chi connectivity index (χ0) is 19.7. The molecule has 1 atom stereocenters. The number of amidine groups is 1. The number of anilines is 1. The van der Waals surface area contributed by atoms with Gasteiger partial charge in [0.05, 0.1) is 5.69 Å². The lowest BCUT2D eigenvalue weighted by Crippen LogP contribution is -2.35. The highest BCUT2D eigenvalue weighted by Gasteiger charge is 2.46. The largest absolute Gasteiger partial charge is 0.326 e. The van der Waals surface area contributed by atoms with Crippen molar-refractivity contribution in [3.05, 3.63) is 59.7 Å². The first-order valence-corrected chi connectivity index (χ1v) is 10.4. The molecule has 1 saturated heterocycles. The van der Waals surface area contributed by atoms with Crippen molar-refractivity contribution in [3.63, 3.8) is 0 Å². The van der Waals surface area contributed by atoms with Gasteiger partial charge in [0.1, 0.15) is 5.25 Å². The zero-order valence-electron chi connectivity index (χ0n) is 16.0. The molecule has 5 nitrogen and oxygen atoms in total. The summed E-state index contributed by atoms with van der Waals surface area (Å²) in [4.78, 5) is 32.0. The number of nitrogens with one attached hydrogen (secondary N) is 1. The Bertz CT molecular complexity index is 938. The van der Waals surface area contributed by atoms with Gasteiger partial charge in [0.25, 0.3) is 0 Å². The van der Waals surface area contributed by atoms with Crippen molar-refractivity contribution in [2.45, 2.75) is 44.4 Å². The minimum Gasteiger partial charge on any atom is -0.326 e. The maximum Gasteiger partial charge on any atom is 0.242 e. The molecule has 2 aromatic rings. The van der Waals surface area contributed by atoms with Gasteiger partial charge in [-0.05, 0) is 56.0 Å². The average molecular weight is 394 g/mol. The number of carbonyl (C=O) groups excluding carboxylic acids is 2. The van der Waals surface area contributed by atoms with Gasteiger partial charge in [-0.2, -0.15) is 0 Å². The summed E-state index contributed by atoms with van der Waals surface area (Å²) < 4.78 is 0. The number of hydrogen-bond acceptors (Lipinski definition) is 4. The smallest absolute Gasteiger partial charge is 0.242 e. The third-order valence-electron chi connectivity index (χ3n) is 4.90. The van der Waals surface area contributed by atoms with E-state index >= 15 is 0 Å². The van der Waals surface area contributed by atoms with E-state index < -0.39 is 5.25 Å². The second-order valence-corrected chi connectivity index (χ2v) is 8.52. The lowest BCUT2D eigenvalue weighted by molar-refractivity contribution is -0.128. The molecule has 1 saturated carbocycles. The Morgan fingerprint density at radius 3 is 2.64 bits per heavy atom. The molecule has 0 aromatic heterocycles. The van der Waals surface area contributed by atoms with E-state index in [1.165, 1.54) is 11.8 Å². The van der Waals surface area contributed by atoms with Crippen LogP contribution in [-0.4, -0.2) is 33.2 Å². The molecule has 144 valence electrons. The minimum atomic E-state index is -0.423. The van der Waals surface area contributed by atoms with Crippen molar-refractivity contribution >= 4 is 40.1 Å². The van der Waals surface area contributed by atoms with Crippen molar-refractivity contribution in [1.82, 2.24) is 4.90 Å². The molecule has 2 aromatic carbocycles. The Labute approximate surface area is 169 Å². The molecule has 0 spiro atoms. The second-order valence-electron chi connectivity index (χ2n) is 7.35. The molecular formula is C22H23N3O2S. The molecular weight excluding hydrogens is 370 g/mol. The summed E-state index contributed by atoms with van der Waals surface area (Å²) in [5.74, 6) is -0.144. The molecule has 1 heterocycles. The molecule has 0 unspecified atom stereocenters. The van der Waals surface area contributed by atoms with Crippen LogP contribution in [-0.2, 0) is 9.59 Å². The minimum absolute atomic E-state index is 0.00158. The van der Waals surface area contributed by atoms with Crippen LogP contribution in [0.15, 0.2) is 53.5 Å². The van der Waals surface area contributed by atoms with Gasteiger partial charge < -0.3 is 5.32 Å². The molecule has 0 radical (unpaired) electrons. The van der Waals surface area contributed by atoms with Crippen molar-refractivity contribution in [2.24, 2.45) is 4.99 Å². The fourth-order valence-electron chi connectivity index (χ4n) is 3.21. The average Bonchev–Trinajstić information content (AvgIpc) is 3.45. The summed E-state index contributed by atoms with van der Waals surface area (Å²) in [6.07, 6.45) is 2.15. The van der Waals surface area contributed by atoms with Gasteiger partial charge in [0.15, 0.2) is 5.17 Å². The fourth-order valence-corrected chi connectivity index (χ4v) is 4.43. The Hall–Kier alpha value is -2.60. The predicted molar refractivity (Wildman–Crippen MR) is 114 cm³/mol. The molecule has 1 N–H and O–H groups in total. The highest BCUT2D eigenvalue weighted by Crippen LogP contribution is 2.39. The van der Waals surface area contributed by atoms with Crippen molar-refractivity contribution in [1.29, 1.82) is 0 Å². The van der Waals surface area contributed by atoms with Gasteiger partial charge in [-0.3, -0.25) is 14.5 Å². The van der Waals surface area contributed by atoms with E-state index in [4.69, 9.17) is 0 Å². The van der Waals surface area contributed by atoms with Crippen molar-refractivity contribution in [2.75, 3.05) is 5.32 Å². The molecule has 1 aliphatic carbocycles. The van der Waals surface area contributed by atoms with E-state index in [1.807, 2.05) is 62.4 Å². The standard InChI is InChI=1S/C22H23N3O2S/c1-14-8-9-15(2)18(12-14)24-20(26)13-19-21(27)25(17-10-11-17)22(28-19)23-16-6-4-3-5-7-16/h3-9,12,17,19H,10-11,13H2,1-2H3,(H,24,26)/t19-/m0/s1. The third kappa shape index (κ3) is 4.12. The molecule has 28 heavy (non-hydrogen) atoms. The predicted octanol–water partition coefficient (Wildman–Crippen LogP) is 4.43. The zero-order valence-corrected chi connectivity index (χ0v) is 16.8. The van der Waals surface area contributed by atoms with Crippen molar-refractivity contribution in [3.8, 4) is 0 Å². The highest BCUT2D eigenvalue weighted by atomic mass is 32.2. The monoisotopic (exact) mass is 393 g/mol. The van der Waals surface area contributed by atoms with Crippen LogP contribution in [0.25, 0.3) is 0 Å². The van der Waals surface area contributed by atoms with E-state index in [9.17, 15) is 9.59 Å². The van der Waals surface area contributed by atoms with Gasteiger partial charge in [0, 0.05) is 18.2 Å². The van der Waals surface area contributed by atoms with E-state index in [1.54, 1.807) is 4.90 Å². The molecule has 2 fully saturated rings. The summed E-state index contributed by atoms with van der Waals surface area (Å²) in [5.41, 5.74) is 3.72. The van der Waals surface area contributed by atoms with Crippen LogP contribution in [0.1, 0.15) is 30.4 Å².